The number of amides is 1. The van der Waals surface area contributed by atoms with Gasteiger partial charge in [-0.3, -0.25) is 14.2 Å². The van der Waals surface area contributed by atoms with E-state index in [1.54, 1.807) is 28.0 Å². The molecule has 2 aromatic rings. The van der Waals surface area contributed by atoms with Gasteiger partial charge in [0.05, 0.1) is 17.4 Å². The van der Waals surface area contributed by atoms with Gasteiger partial charge >= 0.3 is 0 Å². The minimum absolute atomic E-state index is 0.0705. The number of halogens is 1. The molecule has 1 atom stereocenters. The van der Waals surface area contributed by atoms with Crippen molar-refractivity contribution < 1.29 is 4.79 Å². The molecule has 1 amide bonds. The van der Waals surface area contributed by atoms with Gasteiger partial charge in [0.2, 0.25) is 5.91 Å². The van der Waals surface area contributed by atoms with Gasteiger partial charge in [0.1, 0.15) is 6.04 Å². The summed E-state index contributed by atoms with van der Waals surface area (Å²) in [5.74, 6) is 0.0705. The van der Waals surface area contributed by atoms with E-state index in [2.05, 4.69) is 10.2 Å². The maximum Gasteiger partial charge on any atom is 0.247 e. The third-order valence-electron chi connectivity index (χ3n) is 3.71. The predicted molar refractivity (Wildman–Crippen MR) is 78.7 cm³/mol. The highest BCUT2D eigenvalue weighted by Crippen LogP contribution is 2.30. The average molecular weight is 308 g/mol. The molecule has 0 saturated heterocycles. The summed E-state index contributed by atoms with van der Waals surface area (Å²) in [5, 5.41) is 8.83. The molecule has 6 nitrogen and oxygen atoms in total. The van der Waals surface area contributed by atoms with Crippen LogP contribution in [0.25, 0.3) is 0 Å². The van der Waals surface area contributed by atoms with Crippen molar-refractivity contribution in [3.05, 3.63) is 35.4 Å². The Bertz CT molecular complexity index is 645. The van der Waals surface area contributed by atoms with Gasteiger partial charge in [-0.25, -0.2) is 0 Å². The number of aromatic nitrogens is 4. The highest BCUT2D eigenvalue weighted by Gasteiger charge is 2.35. The third-order valence-corrected chi connectivity index (χ3v) is 3.90. The molecule has 2 aromatic heterocycles. The molecule has 1 fully saturated rings. The molecule has 3 rings (SSSR count). The van der Waals surface area contributed by atoms with Crippen molar-refractivity contribution in [2.45, 2.75) is 38.4 Å². The van der Waals surface area contributed by atoms with E-state index >= 15 is 0 Å². The smallest absolute Gasteiger partial charge is 0.247 e. The largest absolute Gasteiger partial charge is 0.333 e. The van der Waals surface area contributed by atoms with Gasteiger partial charge in [0.25, 0.3) is 0 Å². The van der Waals surface area contributed by atoms with E-state index < -0.39 is 0 Å². The molecule has 0 aromatic carbocycles. The summed E-state index contributed by atoms with van der Waals surface area (Å²) < 4.78 is 3.37. The summed E-state index contributed by atoms with van der Waals surface area (Å²) >= 11 is 5.88. The summed E-state index contributed by atoms with van der Waals surface area (Å²) in [6, 6.07) is -0.0130. The normalized spacial score (nSPS) is 16.0. The second-order valence-corrected chi connectivity index (χ2v) is 5.97. The van der Waals surface area contributed by atoms with E-state index in [4.69, 9.17) is 11.6 Å². The Kier molecular flexibility index (Phi) is 3.71. The molecule has 1 saturated carbocycles. The van der Waals surface area contributed by atoms with Crippen LogP contribution < -0.4 is 0 Å². The summed E-state index contributed by atoms with van der Waals surface area (Å²) in [6.45, 7) is 2.45. The molecule has 1 aliphatic rings. The van der Waals surface area contributed by atoms with Crippen molar-refractivity contribution in [2.24, 2.45) is 7.05 Å². The predicted octanol–water partition coefficient (Wildman–Crippen LogP) is 2.02. The van der Waals surface area contributed by atoms with Crippen LogP contribution in [0, 0.1) is 0 Å². The van der Waals surface area contributed by atoms with E-state index in [0.717, 1.165) is 18.4 Å². The van der Waals surface area contributed by atoms with Crippen LogP contribution >= 0.6 is 11.6 Å². The summed E-state index contributed by atoms with van der Waals surface area (Å²) in [4.78, 5) is 14.7. The number of hydrogen-bond acceptors (Lipinski definition) is 3. The zero-order valence-corrected chi connectivity index (χ0v) is 12.9. The van der Waals surface area contributed by atoms with Crippen LogP contribution in [-0.4, -0.2) is 36.4 Å². The van der Waals surface area contributed by atoms with Crippen LogP contribution in [0.3, 0.4) is 0 Å². The van der Waals surface area contributed by atoms with Crippen molar-refractivity contribution in [2.75, 3.05) is 0 Å². The minimum Gasteiger partial charge on any atom is -0.333 e. The molecule has 112 valence electrons. The van der Waals surface area contributed by atoms with Gasteiger partial charge in [-0.1, -0.05) is 11.6 Å². The van der Waals surface area contributed by atoms with Crippen molar-refractivity contribution in [1.82, 2.24) is 24.5 Å². The van der Waals surface area contributed by atoms with Gasteiger partial charge in [-0.05, 0) is 19.8 Å². The first kappa shape index (κ1) is 14.1. The van der Waals surface area contributed by atoms with Crippen LogP contribution in [0.5, 0.6) is 0 Å². The molecule has 0 N–H and O–H groups in total. The van der Waals surface area contributed by atoms with Gasteiger partial charge in [0.15, 0.2) is 0 Å². The van der Waals surface area contributed by atoms with Crippen molar-refractivity contribution >= 4 is 17.5 Å². The SMILES string of the molecule is C[C@H](C(=O)N(Cc1cnn(C)c1)C1CC1)n1cc(Cl)cn1. The van der Waals surface area contributed by atoms with Crippen molar-refractivity contribution in [3.8, 4) is 0 Å². The Morgan fingerprint density at radius 3 is 2.71 bits per heavy atom. The first-order chi connectivity index (χ1) is 10.0. The molecule has 1 aliphatic carbocycles. The van der Waals surface area contributed by atoms with E-state index in [1.807, 2.05) is 25.1 Å². The molecule has 0 spiro atoms. The topological polar surface area (TPSA) is 56.0 Å². The first-order valence-electron chi connectivity index (χ1n) is 7.02. The minimum atomic E-state index is -0.352. The van der Waals surface area contributed by atoms with E-state index in [-0.39, 0.29) is 11.9 Å². The quantitative estimate of drug-likeness (QED) is 0.849. The summed E-state index contributed by atoms with van der Waals surface area (Å²) in [6.07, 6.45) is 9.11. The monoisotopic (exact) mass is 307 g/mol. The molecular formula is C14H18ClN5O. The zero-order chi connectivity index (χ0) is 15.0. The van der Waals surface area contributed by atoms with Crippen molar-refractivity contribution in [3.63, 3.8) is 0 Å². The van der Waals surface area contributed by atoms with E-state index in [0.29, 0.717) is 17.6 Å². The van der Waals surface area contributed by atoms with Gasteiger partial charge in [-0.15, -0.1) is 0 Å². The molecule has 0 radical (unpaired) electrons. The lowest BCUT2D eigenvalue weighted by atomic mass is 10.2. The maximum absolute atomic E-state index is 12.7. The zero-order valence-electron chi connectivity index (χ0n) is 12.1. The lowest BCUT2D eigenvalue weighted by molar-refractivity contribution is -0.135. The number of hydrogen-bond donors (Lipinski definition) is 0. The molecule has 7 heteroatoms. The second kappa shape index (κ2) is 5.52. The highest BCUT2D eigenvalue weighted by atomic mass is 35.5. The Labute approximate surface area is 128 Å². The Morgan fingerprint density at radius 2 is 2.19 bits per heavy atom. The third kappa shape index (κ3) is 3.10. The fourth-order valence-corrected chi connectivity index (χ4v) is 2.55. The molecule has 2 heterocycles. The Balaban J connectivity index is 1.75. The number of aryl methyl sites for hydroxylation is 1. The Morgan fingerprint density at radius 1 is 1.43 bits per heavy atom. The summed E-state index contributed by atoms with van der Waals surface area (Å²) in [5.41, 5.74) is 1.04. The van der Waals surface area contributed by atoms with Gasteiger partial charge < -0.3 is 4.90 Å². The summed E-state index contributed by atoms with van der Waals surface area (Å²) in [7, 11) is 1.88. The van der Waals surface area contributed by atoms with Gasteiger partial charge in [-0.2, -0.15) is 10.2 Å². The molecule has 0 unspecified atom stereocenters. The molecule has 0 bridgehead atoms. The van der Waals surface area contributed by atoms with E-state index in [1.165, 1.54) is 0 Å². The number of carbonyl (C=O) groups is 1. The maximum atomic E-state index is 12.7. The van der Waals surface area contributed by atoms with Crippen molar-refractivity contribution in [1.29, 1.82) is 0 Å². The standard InChI is InChI=1S/C14H18ClN5O/c1-10(20-9-12(15)6-17-20)14(21)19(13-3-4-13)8-11-5-16-18(2)7-11/h5-7,9-10,13H,3-4,8H2,1-2H3/t10-/m1/s1. The van der Waals surface area contributed by atoms with Crippen LogP contribution in [0.2, 0.25) is 5.02 Å². The molecular weight excluding hydrogens is 290 g/mol. The second-order valence-electron chi connectivity index (χ2n) is 5.53. The van der Waals surface area contributed by atoms with Gasteiger partial charge in [0, 0.05) is 37.6 Å². The number of nitrogens with zero attached hydrogens (tertiary/aromatic N) is 5. The first-order valence-corrected chi connectivity index (χ1v) is 7.40. The molecule has 0 aliphatic heterocycles. The highest BCUT2D eigenvalue weighted by molar-refractivity contribution is 6.30. The number of carbonyl (C=O) groups excluding carboxylic acids is 1. The fraction of sp³-hybridized carbons (Fsp3) is 0.500. The van der Waals surface area contributed by atoms with Crippen LogP contribution in [0.1, 0.15) is 31.4 Å². The fourth-order valence-electron chi connectivity index (χ4n) is 2.40. The van der Waals surface area contributed by atoms with E-state index in [9.17, 15) is 4.79 Å². The Hall–Kier alpha value is -1.82. The molecule has 21 heavy (non-hydrogen) atoms. The lowest BCUT2D eigenvalue weighted by Crippen LogP contribution is -2.37. The van der Waals surface area contributed by atoms with Crippen LogP contribution in [-0.2, 0) is 18.4 Å². The number of rotatable bonds is 5. The average Bonchev–Trinajstić information content (AvgIpc) is 3.08. The lowest BCUT2D eigenvalue weighted by Gasteiger charge is -2.25. The van der Waals surface area contributed by atoms with Crippen LogP contribution in [0.15, 0.2) is 24.8 Å². The van der Waals surface area contributed by atoms with Crippen LogP contribution in [0.4, 0.5) is 0 Å².